The summed E-state index contributed by atoms with van der Waals surface area (Å²) in [4.78, 5) is 21.6. The molecule has 0 bridgehead atoms. The summed E-state index contributed by atoms with van der Waals surface area (Å²) in [5.41, 5.74) is 6.18. The van der Waals surface area contributed by atoms with E-state index in [4.69, 9.17) is 5.73 Å². The standard InChI is InChI=1S/C11H16N4O/c12-5-9-1-3-15(4-2-9)11(16)10-6-13-8-14-7-10/h6-9H,1-5,12H2. The summed E-state index contributed by atoms with van der Waals surface area (Å²) in [6.07, 6.45) is 6.54. The third-order valence-electron chi connectivity index (χ3n) is 3.04. The topological polar surface area (TPSA) is 72.1 Å². The Morgan fingerprint density at radius 3 is 2.56 bits per heavy atom. The molecule has 2 N–H and O–H groups in total. The maximum Gasteiger partial charge on any atom is 0.256 e. The third kappa shape index (κ3) is 2.36. The number of nitrogens with zero attached hydrogens (tertiary/aromatic N) is 3. The van der Waals surface area contributed by atoms with E-state index in [1.54, 1.807) is 12.4 Å². The molecule has 1 aromatic heterocycles. The average molecular weight is 220 g/mol. The maximum absolute atomic E-state index is 12.0. The molecule has 86 valence electrons. The Labute approximate surface area is 94.7 Å². The maximum atomic E-state index is 12.0. The first-order valence-electron chi connectivity index (χ1n) is 5.55. The van der Waals surface area contributed by atoms with Gasteiger partial charge in [-0.05, 0) is 25.3 Å². The zero-order valence-corrected chi connectivity index (χ0v) is 9.17. The molecule has 1 aliphatic heterocycles. The van der Waals surface area contributed by atoms with Gasteiger partial charge in [0.2, 0.25) is 0 Å². The summed E-state index contributed by atoms with van der Waals surface area (Å²) in [6.45, 7) is 2.29. The van der Waals surface area contributed by atoms with Crippen LogP contribution in [-0.2, 0) is 0 Å². The SMILES string of the molecule is NCC1CCN(C(=O)c2cncnc2)CC1. The van der Waals surface area contributed by atoms with Crippen molar-refractivity contribution < 1.29 is 4.79 Å². The Hall–Kier alpha value is -1.49. The van der Waals surface area contributed by atoms with Gasteiger partial charge in [-0.1, -0.05) is 0 Å². The largest absolute Gasteiger partial charge is 0.339 e. The second-order valence-electron chi connectivity index (χ2n) is 4.10. The molecule has 0 unspecified atom stereocenters. The van der Waals surface area contributed by atoms with Crippen LogP contribution >= 0.6 is 0 Å². The fourth-order valence-corrected chi connectivity index (χ4v) is 1.96. The molecule has 2 rings (SSSR count). The minimum absolute atomic E-state index is 0.0241. The number of carbonyl (C=O) groups is 1. The minimum atomic E-state index is 0.0241. The molecule has 5 heteroatoms. The molecule has 1 saturated heterocycles. The molecule has 16 heavy (non-hydrogen) atoms. The highest BCUT2D eigenvalue weighted by Gasteiger charge is 2.22. The molecule has 1 aliphatic rings. The van der Waals surface area contributed by atoms with Gasteiger partial charge in [0.05, 0.1) is 5.56 Å². The molecule has 1 fully saturated rings. The van der Waals surface area contributed by atoms with Gasteiger partial charge < -0.3 is 10.6 Å². The number of hydrogen-bond donors (Lipinski definition) is 1. The minimum Gasteiger partial charge on any atom is -0.339 e. The van der Waals surface area contributed by atoms with Gasteiger partial charge in [-0.2, -0.15) is 0 Å². The fourth-order valence-electron chi connectivity index (χ4n) is 1.96. The predicted octanol–water partition coefficient (Wildman–Crippen LogP) is 0.287. The zero-order chi connectivity index (χ0) is 11.4. The second-order valence-corrected chi connectivity index (χ2v) is 4.10. The molecule has 5 nitrogen and oxygen atoms in total. The van der Waals surface area contributed by atoms with Gasteiger partial charge in [-0.3, -0.25) is 4.79 Å². The van der Waals surface area contributed by atoms with Gasteiger partial charge in [0.25, 0.3) is 5.91 Å². The molecule has 0 saturated carbocycles. The first kappa shape index (κ1) is 11.0. The van der Waals surface area contributed by atoms with Crippen molar-refractivity contribution in [3.63, 3.8) is 0 Å². The Balaban J connectivity index is 1.97. The van der Waals surface area contributed by atoms with E-state index < -0.39 is 0 Å². The lowest BCUT2D eigenvalue weighted by Crippen LogP contribution is -2.40. The van der Waals surface area contributed by atoms with Crippen LogP contribution in [0.5, 0.6) is 0 Å². The molecule has 0 spiro atoms. The highest BCUT2D eigenvalue weighted by molar-refractivity contribution is 5.93. The highest BCUT2D eigenvalue weighted by atomic mass is 16.2. The lowest BCUT2D eigenvalue weighted by molar-refractivity contribution is 0.0692. The summed E-state index contributed by atoms with van der Waals surface area (Å²) < 4.78 is 0. The lowest BCUT2D eigenvalue weighted by Gasteiger charge is -2.31. The van der Waals surface area contributed by atoms with Crippen LogP contribution in [0.2, 0.25) is 0 Å². The van der Waals surface area contributed by atoms with Crippen LogP contribution in [-0.4, -0.2) is 40.4 Å². The predicted molar refractivity (Wildman–Crippen MR) is 59.7 cm³/mol. The smallest absolute Gasteiger partial charge is 0.256 e. The summed E-state index contributed by atoms with van der Waals surface area (Å²) in [7, 11) is 0. The monoisotopic (exact) mass is 220 g/mol. The van der Waals surface area contributed by atoms with Gasteiger partial charge in [0, 0.05) is 25.5 Å². The van der Waals surface area contributed by atoms with Crippen molar-refractivity contribution in [1.82, 2.24) is 14.9 Å². The number of nitrogens with two attached hydrogens (primary N) is 1. The molecular weight excluding hydrogens is 204 g/mol. The van der Waals surface area contributed by atoms with Crippen molar-refractivity contribution in [2.75, 3.05) is 19.6 Å². The highest BCUT2D eigenvalue weighted by Crippen LogP contribution is 2.17. The summed E-state index contributed by atoms with van der Waals surface area (Å²) in [6, 6.07) is 0. The van der Waals surface area contributed by atoms with Gasteiger partial charge in [0.15, 0.2) is 0 Å². The molecule has 0 atom stereocenters. The van der Waals surface area contributed by atoms with E-state index >= 15 is 0 Å². The summed E-state index contributed by atoms with van der Waals surface area (Å²) in [5.74, 6) is 0.590. The number of hydrogen-bond acceptors (Lipinski definition) is 4. The van der Waals surface area contributed by atoms with Crippen LogP contribution < -0.4 is 5.73 Å². The van der Waals surface area contributed by atoms with Crippen molar-refractivity contribution in [3.05, 3.63) is 24.3 Å². The van der Waals surface area contributed by atoms with Crippen LogP contribution in [0.1, 0.15) is 23.2 Å². The number of carbonyl (C=O) groups excluding carboxylic acids is 1. The van der Waals surface area contributed by atoms with Crippen molar-refractivity contribution in [2.24, 2.45) is 11.7 Å². The van der Waals surface area contributed by atoms with Gasteiger partial charge in [-0.25, -0.2) is 9.97 Å². The van der Waals surface area contributed by atoms with Crippen LogP contribution in [0, 0.1) is 5.92 Å². The van der Waals surface area contributed by atoms with E-state index in [0.717, 1.165) is 32.5 Å². The van der Waals surface area contributed by atoms with E-state index in [-0.39, 0.29) is 5.91 Å². The van der Waals surface area contributed by atoms with Crippen LogP contribution in [0.15, 0.2) is 18.7 Å². The number of amides is 1. The molecule has 1 amide bonds. The quantitative estimate of drug-likeness (QED) is 0.777. The van der Waals surface area contributed by atoms with Crippen LogP contribution in [0.4, 0.5) is 0 Å². The first-order chi connectivity index (χ1) is 7.81. The second kappa shape index (κ2) is 5.03. The van der Waals surface area contributed by atoms with E-state index in [2.05, 4.69) is 9.97 Å². The van der Waals surface area contributed by atoms with Crippen molar-refractivity contribution in [3.8, 4) is 0 Å². The van der Waals surface area contributed by atoms with E-state index in [9.17, 15) is 4.79 Å². The molecule has 0 radical (unpaired) electrons. The molecule has 0 aromatic carbocycles. The Kier molecular flexibility index (Phi) is 3.46. The fraction of sp³-hybridized carbons (Fsp3) is 0.545. The van der Waals surface area contributed by atoms with E-state index in [1.165, 1.54) is 6.33 Å². The normalized spacial score (nSPS) is 17.4. The summed E-state index contributed by atoms with van der Waals surface area (Å²) in [5, 5.41) is 0. The first-order valence-corrected chi connectivity index (χ1v) is 5.55. The number of aromatic nitrogens is 2. The Morgan fingerprint density at radius 2 is 2.00 bits per heavy atom. The Bertz CT molecular complexity index is 346. The molecular formula is C11H16N4O. The van der Waals surface area contributed by atoms with Crippen LogP contribution in [0.3, 0.4) is 0 Å². The number of likely N-dealkylation sites (tertiary alicyclic amines) is 1. The van der Waals surface area contributed by atoms with E-state index in [1.807, 2.05) is 4.90 Å². The van der Waals surface area contributed by atoms with E-state index in [0.29, 0.717) is 11.5 Å². The lowest BCUT2D eigenvalue weighted by atomic mass is 9.97. The average Bonchev–Trinajstić information content (AvgIpc) is 2.39. The Morgan fingerprint density at radius 1 is 1.38 bits per heavy atom. The van der Waals surface area contributed by atoms with Gasteiger partial charge in [0.1, 0.15) is 6.33 Å². The molecule has 1 aromatic rings. The zero-order valence-electron chi connectivity index (χ0n) is 9.17. The molecule has 0 aliphatic carbocycles. The van der Waals surface area contributed by atoms with Crippen molar-refractivity contribution >= 4 is 5.91 Å². The summed E-state index contributed by atoms with van der Waals surface area (Å²) >= 11 is 0. The number of rotatable bonds is 2. The number of piperidine rings is 1. The molecule has 2 heterocycles. The van der Waals surface area contributed by atoms with Gasteiger partial charge >= 0.3 is 0 Å². The van der Waals surface area contributed by atoms with Crippen molar-refractivity contribution in [1.29, 1.82) is 0 Å². The van der Waals surface area contributed by atoms with Crippen molar-refractivity contribution in [2.45, 2.75) is 12.8 Å². The van der Waals surface area contributed by atoms with Gasteiger partial charge in [-0.15, -0.1) is 0 Å². The third-order valence-corrected chi connectivity index (χ3v) is 3.04. The van der Waals surface area contributed by atoms with Crippen LogP contribution in [0.25, 0.3) is 0 Å².